The lowest BCUT2D eigenvalue weighted by Crippen LogP contribution is -2.38. The number of thioether (sulfide) groups is 1. The van der Waals surface area contributed by atoms with Crippen LogP contribution < -0.4 is 4.74 Å². The van der Waals surface area contributed by atoms with Crippen molar-refractivity contribution in [2.75, 3.05) is 12.4 Å². The summed E-state index contributed by atoms with van der Waals surface area (Å²) >= 11 is 2.17. The van der Waals surface area contributed by atoms with Gasteiger partial charge >= 0.3 is 0 Å². The summed E-state index contributed by atoms with van der Waals surface area (Å²) in [6, 6.07) is 8.74. The minimum Gasteiger partial charge on any atom is -0.493 e. The Morgan fingerprint density at radius 2 is 2.05 bits per heavy atom. The number of hydrogen-bond acceptors (Lipinski definition) is 2. The van der Waals surface area contributed by atoms with Crippen molar-refractivity contribution in [3.05, 3.63) is 29.8 Å². The van der Waals surface area contributed by atoms with Crippen molar-refractivity contribution < 1.29 is 4.74 Å². The monoisotopic (exact) mass is 290 g/mol. The topological polar surface area (TPSA) is 9.23 Å². The van der Waals surface area contributed by atoms with Gasteiger partial charge in [0, 0.05) is 5.25 Å². The third-order valence-electron chi connectivity index (χ3n) is 5.11. The van der Waals surface area contributed by atoms with E-state index in [-0.39, 0.29) is 0 Å². The van der Waals surface area contributed by atoms with Crippen LogP contribution in [0.4, 0.5) is 0 Å². The Labute approximate surface area is 127 Å². The van der Waals surface area contributed by atoms with Crippen molar-refractivity contribution in [2.45, 2.75) is 50.7 Å². The van der Waals surface area contributed by atoms with Crippen LogP contribution in [0.25, 0.3) is 0 Å². The largest absolute Gasteiger partial charge is 0.493 e. The fourth-order valence-corrected chi connectivity index (χ4v) is 4.74. The molecule has 2 heteroatoms. The average Bonchev–Trinajstić information content (AvgIpc) is 2.47. The molecule has 0 N–H and O–H groups in total. The third kappa shape index (κ3) is 3.16. The Morgan fingerprint density at radius 1 is 1.25 bits per heavy atom. The van der Waals surface area contributed by atoms with Gasteiger partial charge in [-0.05, 0) is 66.9 Å². The van der Waals surface area contributed by atoms with E-state index in [1.807, 2.05) is 0 Å². The molecule has 1 aromatic rings. The third-order valence-corrected chi connectivity index (χ3v) is 6.73. The molecule has 4 atom stereocenters. The first kappa shape index (κ1) is 14.3. The molecule has 4 unspecified atom stereocenters. The second-order valence-corrected chi connectivity index (χ2v) is 7.77. The van der Waals surface area contributed by atoms with Crippen LogP contribution in [0.2, 0.25) is 0 Å². The molecule has 1 aliphatic heterocycles. The van der Waals surface area contributed by atoms with Gasteiger partial charge in [0.2, 0.25) is 0 Å². The van der Waals surface area contributed by atoms with Crippen LogP contribution in [0.3, 0.4) is 0 Å². The van der Waals surface area contributed by atoms with Crippen LogP contribution in [0.5, 0.6) is 5.75 Å². The summed E-state index contributed by atoms with van der Waals surface area (Å²) in [6.07, 6.45) is 5.37. The first-order valence-electron chi connectivity index (χ1n) is 8.10. The second-order valence-electron chi connectivity index (χ2n) is 6.50. The van der Waals surface area contributed by atoms with Gasteiger partial charge in [-0.3, -0.25) is 0 Å². The van der Waals surface area contributed by atoms with Crippen molar-refractivity contribution in [1.82, 2.24) is 0 Å². The predicted octanol–water partition coefficient (Wildman–Crippen LogP) is 5.11. The van der Waals surface area contributed by atoms with E-state index in [2.05, 4.69) is 49.9 Å². The SMILES string of the molecule is CCC(C)c1ccc(OCC2CCC3CSC3C2)cc1. The number of ether oxygens (including phenoxy) is 1. The van der Waals surface area contributed by atoms with Gasteiger partial charge in [0.25, 0.3) is 0 Å². The van der Waals surface area contributed by atoms with Gasteiger partial charge < -0.3 is 4.74 Å². The smallest absolute Gasteiger partial charge is 0.119 e. The Balaban J connectivity index is 1.48. The highest BCUT2D eigenvalue weighted by molar-refractivity contribution is 8.01. The van der Waals surface area contributed by atoms with Crippen molar-refractivity contribution >= 4 is 11.8 Å². The second kappa shape index (κ2) is 6.43. The fraction of sp³-hybridized carbons (Fsp3) is 0.667. The summed E-state index contributed by atoms with van der Waals surface area (Å²) in [7, 11) is 0. The molecule has 1 nitrogen and oxygen atoms in total. The lowest BCUT2D eigenvalue weighted by atomic mass is 9.82. The van der Waals surface area contributed by atoms with E-state index in [4.69, 9.17) is 4.74 Å². The molecule has 110 valence electrons. The molecule has 0 radical (unpaired) electrons. The molecule has 1 aromatic carbocycles. The van der Waals surface area contributed by atoms with E-state index in [0.717, 1.165) is 29.4 Å². The Hall–Kier alpha value is -0.630. The molecule has 1 aliphatic carbocycles. The minimum atomic E-state index is 0.648. The van der Waals surface area contributed by atoms with Crippen LogP contribution in [0, 0.1) is 11.8 Å². The first-order valence-corrected chi connectivity index (χ1v) is 9.15. The number of hydrogen-bond donors (Lipinski definition) is 0. The van der Waals surface area contributed by atoms with E-state index in [0.29, 0.717) is 5.92 Å². The molecule has 2 fully saturated rings. The molecule has 2 aliphatic rings. The van der Waals surface area contributed by atoms with Crippen LogP contribution in [0.1, 0.15) is 51.0 Å². The summed E-state index contributed by atoms with van der Waals surface area (Å²) in [5.74, 6) is 4.91. The van der Waals surface area contributed by atoms with Gasteiger partial charge in [-0.2, -0.15) is 11.8 Å². The van der Waals surface area contributed by atoms with Gasteiger partial charge in [0.05, 0.1) is 6.61 Å². The molecule has 1 heterocycles. The van der Waals surface area contributed by atoms with Crippen LogP contribution >= 0.6 is 11.8 Å². The summed E-state index contributed by atoms with van der Waals surface area (Å²) in [5.41, 5.74) is 1.42. The maximum Gasteiger partial charge on any atom is 0.119 e. The van der Waals surface area contributed by atoms with Gasteiger partial charge in [0.1, 0.15) is 5.75 Å². The predicted molar refractivity (Wildman–Crippen MR) is 87.7 cm³/mol. The molecule has 0 amide bonds. The lowest BCUT2D eigenvalue weighted by molar-refractivity contribution is 0.187. The Kier molecular flexibility index (Phi) is 4.60. The van der Waals surface area contributed by atoms with Gasteiger partial charge in [0.15, 0.2) is 0 Å². The summed E-state index contributed by atoms with van der Waals surface area (Å²) in [5, 5.41) is 0.949. The normalized spacial score (nSPS) is 30.2. The van der Waals surface area contributed by atoms with Crippen molar-refractivity contribution in [1.29, 1.82) is 0 Å². The highest BCUT2D eigenvalue weighted by Crippen LogP contribution is 2.46. The van der Waals surface area contributed by atoms with E-state index in [1.165, 1.54) is 37.0 Å². The zero-order valence-electron chi connectivity index (χ0n) is 12.7. The summed E-state index contributed by atoms with van der Waals surface area (Å²) in [4.78, 5) is 0. The zero-order valence-corrected chi connectivity index (χ0v) is 13.5. The van der Waals surface area contributed by atoms with Crippen molar-refractivity contribution in [2.24, 2.45) is 11.8 Å². The Morgan fingerprint density at radius 3 is 2.65 bits per heavy atom. The standard InChI is InChI=1S/C18H26OS/c1-3-13(2)15-6-8-17(9-7-15)19-11-14-4-5-16-12-20-18(16)10-14/h6-9,13-14,16,18H,3-5,10-12H2,1-2H3. The molecule has 1 saturated heterocycles. The molecule has 0 spiro atoms. The molecule has 3 rings (SSSR count). The van der Waals surface area contributed by atoms with Gasteiger partial charge in [-0.15, -0.1) is 0 Å². The van der Waals surface area contributed by atoms with Gasteiger partial charge in [-0.25, -0.2) is 0 Å². The van der Waals surface area contributed by atoms with Crippen LogP contribution in [-0.4, -0.2) is 17.6 Å². The lowest BCUT2D eigenvalue weighted by Gasteiger charge is -2.43. The molecule has 0 bridgehead atoms. The van der Waals surface area contributed by atoms with E-state index in [1.54, 1.807) is 0 Å². The Bertz CT molecular complexity index is 428. The number of fused-ring (bicyclic) bond motifs is 1. The maximum absolute atomic E-state index is 6.01. The first-order chi connectivity index (χ1) is 9.76. The van der Waals surface area contributed by atoms with Crippen LogP contribution in [0.15, 0.2) is 24.3 Å². The molecular formula is C18H26OS. The van der Waals surface area contributed by atoms with Crippen molar-refractivity contribution in [3.63, 3.8) is 0 Å². The molecule has 20 heavy (non-hydrogen) atoms. The summed E-state index contributed by atoms with van der Waals surface area (Å²) < 4.78 is 6.01. The quantitative estimate of drug-likeness (QED) is 0.745. The maximum atomic E-state index is 6.01. The number of benzene rings is 1. The highest BCUT2D eigenvalue weighted by Gasteiger charge is 2.37. The van der Waals surface area contributed by atoms with Gasteiger partial charge in [-0.1, -0.05) is 26.0 Å². The molecule has 1 saturated carbocycles. The fourth-order valence-electron chi connectivity index (χ4n) is 3.29. The minimum absolute atomic E-state index is 0.648. The summed E-state index contributed by atoms with van der Waals surface area (Å²) in [6.45, 7) is 5.43. The zero-order chi connectivity index (χ0) is 13.9. The number of rotatable bonds is 5. The van der Waals surface area contributed by atoms with Crippen molar-refractivity contribution in [3.8, 4) is 5.75 Å². The van der Waals surface area contributed by atoms with Crippen LogP contribution in [-0.2, 0) is 0 Å². The highest BCUT2D eigenvalue weighted by atomic mass is 32.2. The average molecular weight is 290 g/mol. The molecular weight excluding hydrogens is 264 g/mol. The molecule has 0 aromatic heterocycles. The van der Waals surface area contributed by atoms with E-state index in [9.17, 15) is 0 Å². The van der Waals surface area contributed by atoms with E-state index >= 15 is 0 Å². The van der Waals surface area contributed by atoms with E-state index < -0.39 is 0 Å².